The van der Waals surface area contributed by atoms with Crippen LogP contribution in [0.25, 0.3) is 0 Å². The number of phosphoric ester groups is 1. The Bertz CT molecular complexity index is 254. The van der Waals surface area contributed by atoms with Crippen LogP contribution < -0.4 is 0 Å². The van der Waals surface area contributed by atoms with Crippen LogP contribution in [0.5, 0.6) is 0 Å². The molecule has 6 nitrogen and oxygen atoms in total. The van der Waals surface area contributed by atoms with E-state index < -0.39 is 14.5 Å². The van der Waals surface area contributed by atoms with Crippen LogP contribution in [0.3, 0.4) is 0 Å². The van der Waals surface area contributed by atoms with Gasteiger partial charge in [0, 0.05) is 5.75 Å². The highest BCUT2D eigenvalue weighted by atomic mass is 32.7. The lowest BCUT2D eigenvalue weighted by atomic mass is 10.9. The lowest BCUT2D eigenvalue weighted by Gasteiger charge is -2.24. The van der Waals surface area contributed by atoms with Crippen molar-refractivity contribution in [3.05, 3.63) is 0 Å². The van der Waals surface area contributed by atoms with Crippen molar-refractivity contribution in [1.29, 1.82) is 5.16 Å². The molecule has 0 aliphatic rings. The van der Waals surface area contributed by atoms with Crippen molar-refractivity contribution in [3.63, 3.8) is 0 Å². The monoisotopic (exact) mass is 305 g/mol. The smallest absolute Gasteiger partial charge is 0.316 e. The average Bonchev–Trinajstić information content (AvgIpc) is 2.17. The summed E-state index contributed by atoms with van der Waals surface area (Å²) >= 11 is 1.18. The third kappa shape index (κ3) is 6.97. The van der Waals surface area contributed by atoms with Crippen molar-refractivity contribution >= 4 is 25.9 Å². The molecule has 9 heteroatoms. The van der Waals surface area contributed by atoms with Crippen LogP contribution in [0.2, 0.25) is 0 Å². The van der Waals surface area contributed by atoms with Crippen molar-refractivity contribution in [3.8, 4) is 0 Å². The predicted molar refractivity (Wildman–Crippen MR) is 71.3 cm³/mol. The minimum Gasteiger partial charge on any atom is -0.316 e. The molecule has 0 aromatic heterocycles. The van der Waals surface area contributed by atoms with Crippen molar-refractivity contribution in [1.82, 2.24) is 0 Å². The molecule has 1 N–H and O–H groups in total. The van der Waals surface area contributed by atoms with Crippen LogP contribution in [0.15, 0.2) is 0 Å². The Hall–Kier alpha value is 0.650. The number of hydrogen-bond donors (Lipinski definition) is 1. The van der Waals surface area contributed by atoms with E-state index in [0.717, 1.165) is 0 Å². The van der Waals surface area contributed by atoms with Crippen molar-refractivity contribution in [2.24, 2.45) is 0 Å². The van der Waals surface area contributed by atoms with Crippen LogP contribution in [0.1, 0.15) is 27.7 Å². The van der Waals surface area contributed by atoms with Crippen LogP contribution in [-0.4, -0.2) is 25.6 Å². The number of phosphoric acid groups is 1. The summed E-state index contributed by atoms with van der Waals surface area (Å²) in [4.78, 5) is 0. The predicted octanol–water partition coefficient (Wildman–Crippen LogP) is 4.50. The molecule has 0 aromatic rings. The molecule has 0 aromatic carbocycles. The summed E-state index contributed by atoms with van der Waals surface area (Å²) in [7, 11) is -3.68. The molecule has 0 amide bonds. The number of rotatable bonds is 10. The van der Waals surface area contributed by atoms with Gasteiger partial charge >= 0.3 is 7.82 Å². The van der Waals surface area contributed by atoms with Gasteiger partial charge in [-0.05, 0) is 20.8 Å². The molecule has 0 radical (unpaired) electrons. The first-order chi connectivity index (χ1) is 7.95. The Kier molecular flexibility index (Phi) is 9.03. The largest absolute Gasteiger partial charge is 0.481 e. The molecule has 1 unspecified atom stereocenters. The summed E-state index contributed by atoms with van der Waals surface area (Å²) in [5, 5.41) is 8.03. The first-order valence-electron chi connectivity index (χ1n) is 5.48. The van der Waals surface area contributed by atoms with Gasteiger partial charge in [0.15, 0.2) is 0 Å². The molecule has 0 aliphatic carbocycles. The molecule has 17 heavy (non-hydrogen) atoms. The third-order valence-corrected chi connectivity index (χ3v) is 8.10. The van der Waals surface area contributed by atoms with E-state index in [1.807, 2.05) is 6.92 Å². The van der Waals surface area contributed by atoms with Gasteiger partial charge in [-0.15, -0.1) is 0 Å². The Labute approximate surface area is 107 Å². The first kappa shape index (κ1) is 17.6. The van der Waals surface area contributed by atoms with E-state index in [1.165, 1.54) is 11.4 Å². The third-order valence-electron chi connectivity index (χ3n) is 1.38. The van der Waals surface area contributed by atoms with Gasteiger partial charge < -0.3 is 4.52 Å². The Morgan fingerprint density at radius 1 is 1.00 bits per heavy atom. The highest BCUT2D eigenvalue weighted by Crippen LogP contribution is 2.72. The molecule has 0 rings (SSSR count). The van der Waals surface area contributed by atoms with Gasteiger partial charge in [-0.25, -0.2) is 8.88 Å². The highest BCUT2D eigenvalue weighted by molar-refractivity contribution is 8.55. The zero-order valence-corrected chi connectivity index (χ0v) is 13.3. The fourth-order valence-electron chi connectivity index (χ4n) is 0.957. The second-order valence-electron chi connectivity index (χ2n) is 2.70. The molecule has 0 saturated heterocycles. The Balaban J connectivity index is 4.79. The van der Waals surface area contributed by atoms with Gasteiger partial charge in [0.2, 0.25) is 0 Å². The summed E-state index contributed by atoms with van der Waals surface area (Å²) in [6.45, 7) is 4.73. The molecule has 0 aliphatic heterocycles. The van der Waals surface area contributed by atoms with Crippen LogP contribution in [0.4, 0.5) is 0 Å². The van der Waals surface area contributed by atoms with E-state index in [0.29, 0.717) is 12.4 Å². The fourth-order valence-corrected chi connectivity index (χ4v) is 6.94. The lowest BCUT2D eigenvalue weighted by Crippen LogP contribution is -2.00. The van der Waals surface area contributed by atoms with Gasteiger partial charge in [0.1, 0.15) is 0 Å². The standard InChI is InChI=1S/C8H21NO5P2S/c1-5-11-15(9,17-8-4)14-16(10,12-6-2)13-7-3/h9H,5-8H2,1-4H3. The normalized spacial score (nSPS) is 15.8. The molecule has 0 saturated carbocycles. The molecule has 104 valence electrons. The number of hydrogen-bond acceptors (Lipinski definition) is 7. The van der Waals surface area contributed by atoms with E-state index in [2.05, 4.69) is 0 Å². The van der Waals surface area contributed by atoms with E-state index in [4.69, 9.17) is 23.0 Å². The van der Waals surface area contributed by atoms with Crippen LogP contribution >= 0.6 is 25.9 Å². The van der Waals surface area contributed by atoms with Crippen LogP contribution in [-0.2, 0) is 22.4 Å². The molecular weight excluding hydrogens is 284 g/mol. The minimum atomic E-state index is -3.68. The molecular formula is C8H21NO5P2S. The highest BCUT2D eigenvalue weighted by Gasteiger charge is 2.35. The van der Waals surface area contributed by atoms with Gasteiger partial charge in [0.05, 0.1) is 19.8 Å². The van der Waals surface area contributed by atoms with Gasteiger partial charge in [-0.2, -0.15) is 0 Å². The second-order valence-corrected chi connectivity index (χ2v) is 9.07. The van der Waals surface area contributed by atoms with E-state index >= 15 is 0 Å². The van der Waals surface area contributed by atoms with Crippen molar-refractivity contribution in [2.75, 3.05) is 25.6 Å². The maximum absolute atomic E-state index is 12.1. The van der Waals surface area contributed by atoms with E-state index in [9.17, 15) is 4.57 Å². The minimum absolute atomic E-state index is 0.195. The van der Waals surface area contributed by atoms with Gasteiger partial charge in [0.25, 0.3) is 6.71 Å². The molecule has 1 atom stereocenters. The SMILES string of the molecule is CCOP(=N)(OP(=O)(OCC)OCC)SCC. The van der Waals surface area contributed by atoms with Crippen LogP contribution in [0, 0.1) is 5.16 Å². The summed E-state index contributed by atoms with van der Waals surface area (Å²) in [5.74, 6) is 0.634. The van der Waals surface area contributed by atoms with Gasteiger partial charge in [-0.1, -0.05) is 18.3 Å². The molecule has 0 spiro atoms. The quantitative estimate of drug-likeness (QED) is 0.599. The zero-order chi connectivity index (χ0) is 13.4. The number of nitrogens with one attached hydrogen (secondary N) is 1. The second kappa shape index (κ2) is 8.70. The summed E-state index contributed by atoms with van der Waals surface area (Å²) in [6, 6.07) is 0. The van der Waals surface area contributed by atoms with E-state index in [1.54, 1.807) is 20.8 Å². The van der Waals surface area contributed by atoms with Crippen molar-refractivity contribution in [2.45, 2.75) is 27.7 Å². The maximum Gasteiger partial charge on any atom is 0.481 e. The molecule has 0 fully saturated rings. The fraction of sp³-hybridized carbons (Fsp3) is 1.00. The Morgan fingerprint density at radius 3 is 1.82 bits per heavy atom. The van der Waals surface area contributed by atoms with E-state index in [-0.39, 0.29) is 13.2 Å². The summed E-state index contributed by atoms with van der Waals surface area (Å²) in [5.41, 5.74) is 0. The Morgan fingerprint density at radius 2 is 1.47 bits per heavy atom. The summed E-state index contributed by atoms with van der Waals surface area (Å²) in [6.07, 6.45) is 0. The summed E-state index contributed by atoms with van der Waals surface area (Å²) < 4.78 is 32.6. The molecule has 0 bridgehead atoms. The van der Waals surface area contributed by atoms with Crippen molar-refractivity contribution < 1.29 is 22.4 Å². The zero-order valence-electron chi connectivity index (χ0n) is 10.7. The topological polar surface area (TPSA) is 77.8 Å². The molecule has 0 heterocycles. The maximum atomic E-state index is 12.1. The first-order valence-corrected chi connectivity index (χ1v) is 10.2. The van der Waals surface area contributed by atoms with Gasteiger partial charge in [-0.3, -0.25) is 14.2 Å². The lowest BCUT2D eigenvalue weighted by molar-refractivity contribution is 0.164. The average molecular weight is 305 g/mol.